The van der Waals surface area contributed by atoms with Crippen molar-refractivity contribution in [3.05, 3.63) is 77.6 Å². The van der Waals surface area contributed by atoms with Crippen LogP contribution in [0.3, 0.4) is 0 Å². The quantitative estimate of drug-likeness (QED) is 0.609. The minimum atomic E-state index is -0.708. The molecule has 2 amide bonds. The lowest BCUT2D eigenvalue weighted by Crippen LogP contribution is -2.54. The second-order valence-electron chi connectivity index (χ2n) is 9.03. The van der Waals surface area contributed by atoms with Crippen molar-refractivity contribution in [2.45, 2.75) is 44.6 Å². The molecule has 2 aromatic heterocycles. The molecular weight excluding hydrogens is 446 g/mol. The Morgan fingerprint density at radius 2 is 1.94 bits per heavy atom. The largest absolute Gasteiger partial charge is 0.497 e. The molecule has 0 radical (unpaired) electrons. The molecule has 1 fully saturated rings. The second-order valence-corrected chi connectivity index (χ2v) is 9.03. The SMILES string of the molecule is COc1ccc(CNC(=O)[C@H]2Cn3ccnc3C3(CCN(C(=O)c4cccc(C)n4)CC3)O2)cc1. The number of amides is 2. The molecule has 9 nitrogen and oxygen atoms in total. The van der Waals surface area contributed by atoms with E-state index in [1.807, 2.05) is 54.1 Å². The summed E-state index contributed by atoms with van der Waals surface area (Å²) in [7, 11) is 1.62. The normalized spacial score (nSPS) is 18.7. The molecular formula is C26H29N5O4. The number of rotatable bonds is 5. The van der Waals surface area contributed by atoms with Crippen molar-refractivity contribution in [1.82, 2.24) is 24.8 Å². The first-order chi connectivity index (χ1) is 17.0. The standard InChI is InChI=1S/C26H29N5O4/c1-18-4-3-5-21(29-18)24(33)30-13-10-26(11-14-30)25-27-12-15-31(25)17-22(35-26)23(32)28-16-19-6-8-20(34-2)9-7-19/h3-9,12,15,22H,10-11,13-14,16-17H2,1-2H3,(H,28,32)/t22-/m1/s1. The molecule has 0 aliphatic carbocycles. The van der Waals surface area contributed by atoms with Gasteiger partial charge in [0.2, 0.25) is 0 Å². The van der Waals surface area contributed by atoms with E-state index in [1.54, 1.807) is 24.3 Å². The average Bonchev–Trinajstić information content (AvgIpc) is 3.37. The van der Waals surface area contributed by atoms with E-state index in [2.05, 4.69) is 15.3 Å². The number of carbonyl (C=O) groups is 2. The number of carbonyl (C=O) groups excluding carboxylic acids is 2. The van der Waals surface area contributed by atoms with Crippen LogP contribution < -0.4 is 10.1 Å². The molecule has 2 aliphatic rings. The van der Waals surface area contributed by atoms with Gasteiger partial charge in [-0.25, -0.2) is 9.97 Å². The summed E-state index contributed by atoms with van der Waals surface area (Å²) in [6, 6.07) is 13.0. The van der Waals surface area contributed by atoms with Crippen LogP contribution in [0.15, 0.2) is 54.9 Å². The number of nitrogens with one attached hydrogen (secondary N) is 1. The summed E-state index contributed by atoms with van der Waals surface area (Å²) in [4.78, 5) is 36.8. The highest BCUT2D eigenvalue weighted by molar-refractivity contribution is 5.92. The van der Waals surface area contributed by atoms with Gasteiger partial charge < -0.3 is 24.3 Å². The van der Waals surface area contributed by atoms with Crippen LogP contribution in [0, 0.1) is 6.92 Å². The van der Waals surface area contributed by atoms with Crippen molar-refractivity contribution in [3.63, 3.8) is 0 Å². The minimum absolute atomic E-state index is 0.0866. The van der Waals surface area contributed by atoms with Crippen LogP contribution >= 0.6 is 0 Å². The van der Waals surface area contributed by atoms with Gasteiger partial charge in [-0.3, -0.25) is 9.59 Å². The third kappa shape index (κ3) is 4.64. The smallest absolute Gasteiger partial charge is 0.272 e. The van der Waals surface area contributed by atoms with Crippen molar-refractivity contribution in [3.8, 4) is 5.75 Å². The molecule has 9 heteroatoms. The topological polar surface area (TPSA) is 98.6 Å². The monoisotopic (exact) mass is 475 g/mol. The molecule has 1 aromatic carbocycles. The van der Waals surface area contributed by atoms with Crippen molar-refractivity contribution in [2.75, 3.05) is 20.2 Å². The molecule has 1 N–H and O–H groups in total. The third-order valence-corrected chi connectivity index (χ3v) is 6.74. The maximum absolute atomic E-state index is 13.1. The fourth-order valence-electron chi connectivity index (χ4n) is 4.82. The molecule has 4 heterocycles. The molecule has 1 spiro atoms. The number of nitrogens with zero attached hydrogens (tertiary/aromatic N) is 4. The predicted octanol–water partition coefficient (Wildman–Crippen LogP) is 2.44. The van der Waals surface area contributed by atoms with E-state index in [0.717, 1.165) is 22.8 Å². The van der Waals surface area contributed by atoms with Gasteiger partial charge in [0.25, 0.3) is 11.8 Å². The number of aromatic nitrogens is 3. The summed E-state index contributed by atoms with van der Waals surface area (Å²) in [6.45, 7) is 3.68. The summed E-state index contributed by atoms with van der Waals surface area (Å²) in [6.07, 6.45) is 4.10. The molecule has 1 saturated heterocycles. The van der Waals surface area contributed by atoms with Crippen LogP contribution in [-0.2, 0) is 28.2 Å². The Bertz CT molecular complexity index is 1210. The highest BCUT2D eigenvalue weighted by Gasteiger charge is 2.47. The first-order valence-electron chi connectivity index (χ1n) is 11.8. The van der Waals surface area contributed by atoms with Crippen LogP contribution in [0.25, 0.3) is 0 Å². The molecule has 0 bridgehead atoms. The van der Waals surface area contributed by atoms with Crippen molar-refractivity contribution >= 4 is 11.8 Å². The van der Waals surface area contributed by atoms with Crippen LogP contribution in [0.4, 0.5) is 0 Å². The van der Waals surface area contributed by atoms with Crippen LogP contribution in [0.2, 0.25) is 0 Å². The maximum Gasteiger partial charge on any atom is 0.272 e. The number of aryl methyl sites for hydroxylation is 1. The van der Waals surface area contributed by atoms with Gasteiger partial charge in [0.15, 0.2) is 6.10 Å². The average molecular weight is 476 g/mol. The van der Waals surface area contributed by atoms with Gasteiger partial charge in [-0.1, -0.05) is 18.2 Å². The lowest BCUT2D eigenvalue weighted by Gasteiger charge is -2.45. The number of methoxy groups -OCH3 is 1. The van der Waals surface area contributed by atoms with Gasteiger partial charge in [-0.05, 0) is 36.8 Å². The minimum Gasteiger partial charge on any atom is -0.497 e. The fourth-order valence-corrected chi connectivity index (χ4v) is 4.82. The summed E-state index contributed by atoms with van der Waals surface area (Å²) in [5.41, 5.74) is 1.53. The number of ether oxygens (including phenoxy) is 2. The number of fused-ring (bicyclic) bond motifs is 2. The highest BCUT2D eigenvalue weighted by Crippen LogP contribution is 2.40. The van der Waals surface area contributed by atoms with E-state index in [-0.39, 0.29) is 11.8 Å². The molecule has 2 aliphatic heterocycles. The van der Waals surface area contributed by atoms with E-state index in [1.165, 1.54) is 0 Å². The van der Waals surface area contributed by atoms with Gasteiger partial charge in [-0.15, -0.1) is 0 Å². The van der Waals surface area contributed by atoms with Gasteiger partial charge >= 0.3 is 0 Å². The van der Waals surface area contributed by atoms with E-state index < -0.39 is 11.7 Å². The molecule has 1 atom stereocenters. The molecule has 3 aromatic rings. The lowest BCUT2D eigenvalue weighted by molar-refractivity contribution is -0.172. The lowest BCUT2D eigenvalue weighted by atomic mass is 9.88. The van der Waals surface area contributed by atoms with Crippen molar-refractivity contribution in [2.24, 2.45) is 0 Å². The third-order valence-electron chi connectivity index (χ3n) is 6.74. The molecule has 35 heavy (non-hydrogen) atoms. The van der Waals surface area contributed by atoms with Crippen molar-refractivity contribution in [1.29, 1.82) is 0 Å². The Kier molecular flexibility index (Phi) is 6.25. The zero-order valence-corrected chi connectivity index (χ0v) is 19.9. The number of benzene rings is 1. The molecule has 5 rings (SSSR count). The zero-order valence-electron chi connectivity index (χ0n) is 19.9. The highest BCUT2D eigenvalue weighted by atomic mass is 16.5. The number of hydrogen-bond donors (Lipinski definition) is 1. The van der Waals surface area contributed by atoms with Crippen LogP contribution in [0.1, 0.15) is 40.4 Å². The van der Waals surface area contributed by atoms with E-state index >= 15 is 0 Å². The fraction of sp³-hybridized carbons (Fsp3) is 0.385. The van der Waals surface area contributed by atoms with Gasteiger partial charge in [0, 0.05) is 50.6 Å². The Labute approximate surface area is 204 Å². The molecule has 0 saturated carbocycles. The van der Waals surface area contributed by atoms with E-state index in [9.17, 15) is 9.59 Å². The summed E-state index contributed by atoms with van der Waals surface area (Å²) >= 11 is 0. The summed E-state index contributed by atoms with van der Waals surface area (Å²) in [5.74, 6) is 1.34. The van der Waals surface area contributed by atoms with Crippen LogP contribution in [0.5, 0.6) is 5.75 Å². The van der Waals surface area contributed by atoms with Crippen LogP contribution in [-0.4, -0.2) is 57.6 Å². The number of imidazole rings is 1. The Morgan fingerprint density at radius 1 is 1.17 bits per heavy atom. The second kappa shape index (κ2) is 9.50. The van der Waals surface area contributed by atoms with Gasteiger partial charge in [0.1, 0.15) is 22.9 Å². The summed E-state index contributed by atoms with van der Waals surface area (Å²) < 4.78 is 13.7. The zero-order chi connectivity index (χ0) is 24.4. The predicted molar refractivity (Wildman–Crippen MR) is 128 cm³/mol. The van der Waals surface area contributed by atoms with Crippen molar-refractivity contribution < 1.29 is 19.1 Å². The number of hydrogen-bond acceptors (Lipinski definition) is 6. The molecule has 0 unspecified atom stereocenters. The Balaban J connectivity index is 1.26. The summed E-state index contributed by atoms with van der Waals surface area (Å²) in [5, 5.41) is 2.99. The molecule has 182 valence electrons. The first kappa shape index (κ1) is 23.0. The Morgan fingerprint density at radius 3 is 2.66 bits per heavy atom. The number of piperidine rings is 1. The maximum atomic E-state index is 13.1. The van der Waals surface area contributed by atoms with Gasteiger partial charge in [-0.2, -0.15) is 0 Å². The van der Waals surface area contributed by atoms with Gasteiger partial charge in [0.05, 0.1) is 13.7 Å². The Hall–Kier alpha value is -3.72. The number of likely N-dealkylation sites (tertiary alicyclic amines) is 1. The van der Waals surface area contributed by atoms with E-state index in [0.29, 0.717) is 44.7 Å². The number of pyridine rings is 1. The van der Waals surface area contributed by atoms with E-state index in [4.69, 9.17) is 9.47 Å². The first-order valence-corrected chi connectivity index (χ1v) is 11.8.